The standard InChI is InChI=1S/C7H9BrO2/c1-3-4-10-7(9)6(2)5-8/h3,5H,1,4H2,2H3. The molecule has 3 heteroatoms. The Hall–Kier alpha value is -0.570. The molecule has 0 aromatic rings. The van der Waals surface area contributed by atoms with Crippen molar-refractivity contribution in [2.75, 3.05) is 6.61 Å². The largest absolute Gasteiger partial charge is 0.458 e. The highest BCUT2D eigenvalue weighted by Gasteiger charge is 2.01. The van der Waals surface area contributed by atoms with Crippen molar-refractivity contribution in [2.45, 2.75) is 6.92 Å². The molecule has 0 heterocycles. The molecule has 0 bridgehead atoms. The first-order valence-corrected chi connectivity index (χ1v) is 3.69. The lowest BCUT2D eigenvalue weighted by Gasteiger charge is -1.98. The maximum atomic E-state index is 10.8. The van der Waals surface area contributed by atoms with Crippen LogP contribution in [-0.2, 0) is 9.53 Å². The number of ether oxygens (including phenoxy) is 1. The SMILES string of the molecule is C=CCOC(=O)C(C)=CBr. The van der Waals surface area contributed by atoms with Crippen molar-refractivity contribution in [3.8, 4) is 0 Å². The van der Waals surface area contributed by atoms with Crippen molar-refractivity contribution >= 4 is 21.9 Å². The molecule has 0 aromatic heterocycles. The number of hydrogen-bond donors (Lipinski definition) is 0. The third kappa shape index (κ3) is 3.45. The number of rotatable bonds is 3. The van der Waals surface area contributed by atoms with E-state index in [1.165, 1.54) is 11.1 Å². The van der Waals surface area contributed by atoms with E-state index in [2.05, 4.69) is 27.2 Å². The van der Waals surface area contributed by atoms with Gasteiger partial charge >= 0.3 is 5.97 Å². The van der Waals surface area contributed by atoms with Crippen LogP contribution in [0.2, 0.25) is 0 Å². The zero-order valence-electron chi connectivity index (χ0n) is 5.76. The molecular weight excluding hydrogens is 196 g/mol. The lowest BCUT2D eigenvalue weighted by atomic mass is 10.4. The Morgan fingerprint density at radius 2 is 2.40 bits per heavy atom. The zero-order valence-corrected chi connectivity index (χ0v) is 7.35. The van der Waals surface area contributed by atoms with Crippen LogP contribution in [0.25, 0.3) is 0 Å². The van der Waals surface area contributed by atoms with Crippen molar-refractivity contribution in [1.29, 1.82) is 0 Å². The summed E-state index contributed by atoms with van der Waals surface area (Å²) in [5.41, 5.74) is 0.543. The second kappa shape index (κ2) is 5.23. The Balaban J connectivity index is 3.74. The van der Waals surface area contributed by atoms with E-state index >= 15 is 0 Å². The van der Waals surface area contributed by atoms with Gasteiger partial charge in [-0.25, -0.2) is 4.79 Å². The Labute approximate surface area is 68.7 Å². The van der Waals surface area contributed by atoms with E-state index in [1.54, 1.807) is 6.92 Å². The van der Waals surface area contributed by atoms with Gasteiger partial charge in [0.15, 0.2) is 0 Å². The van der Waals surface area contributed by atoms with E-state index in [-0.39, 0.29) is 12.6 Å². The lowest BCUT2D eigenvalue weighted by molar-refractivity contribution is -0.137. The molecule has 0 aliphatic rings. The highest BCUT2D eigenvalue weighted by molar-refractivity contribution is 9.11. The van der Waals surface area contributed by atoms with E-state index in [9.17, 15) is 4.79 Å². The molecule has 0 aliphatic carbocycles. The van der Waals surface area contributed by atoms with Gasteiger partial charge in [0.25, 0.3) is 0 Å². The topological polar surface area (TPSA) is 26.3 Å². The van der Waals surface area contributed by atoms with Gasteiger partial charge in [0.2, 0.25) is 0 Å². The van der Waals surface area contributed by atoms with E-state index in [4.69, 9.17) is 0 Å². The van der Waals surface area contributed by atoms with Crippen LogP contribution >= 0.6 is 15.9 Å². The molecule has 10 heavy (non-hydrogen) atoms. The molecule has 0 fully saturated rings. The number of halogens is 1. The number of carbonyl (C=O) groups excluding carboxylic acids is 1. The van der Waals surface area contributed by atoms with Gasteiger partial charge in [0, 0.05) is 5.57 Å². The molecule has 0 radical (unpaired) electrons. The number of esters is 1. The number of hydrogen-bond acceptors (Lipinski definition) is 2. The third-order valence-electron chi connectivity index (χ3n) is 0.818. The predicted octanol–water partition coefficient (Wildman–Crippen LogP) is 2.01. The smallest absolute Gasteiger partial charge is 0.334 e. The third-order valence-corrected chi connectivity index (χ3v) is 1.50. The Bertz CT molecular complexity index is 161. The van der Waals surface area contributed by atoms with Crippen LogP contribution in [0, 0.1) is 0 Å². The first kappa shape index (κ1) is 9.43. The first-order chi connectivity index (χ1) is 4.72. The van der Waals surface area contributed by atoms with Crippen molar-refractivity contribution in [3.05, 3.63) is 23.2 Å². The average molecular weight is 205 g/mol. The van der Waals surface area contributed by atoms with E-state index < -0.39 is 0 Å². The molecule has 0 aliphatic heterocycles. The Morgan fingerprint density at radius 3 is 2.80 bits per heavy atom. The molecule has 56 valence electrons. The Kier molecular flexibility index (Phi) is 4.94. The molecule has 0 amide bonds. The zero-order chi connectivity index (χ0) is 7.98. The summed E-state index contributed by atoms with van der Waals surface area (Å²) in [5, 5.41) is 0. The molecule has 0 rings (SSSR count). The molecule has 0 N–H and O–H groups in total. The number of carbonyl (C=O) groups is 1. The van der Waals surface area contributed by atoms with Crippen LogP contribution in [0.15, 0.2) is 23.2 Å². The summed E-state index contributed by atoms with van der Waals surface area (Å²) < 4.78 is 4.69. The molecule has 0 saturated heterocycles. The monoisotopic (exact) mass is 204 g/mol. The average Bonchev–Trinajstić information content (AvgIpc) is 1.98. The highest BCUT2D eigenvalue weighted by atomic mass is 79.9. The molecule has 2 nitrogen and oxygen atoms in total. The quantitative estimate of drug-likeness (QED) is 0.400. The molecule has 0 unspecified atom stereocenters. The molecule has 0 atom stereocenters. The van der Waals surface area contributed by atoms with Gasteiger partial charge < -0.3 is 4.74 Å². The predicted molar refractivity (Wildman–Crippen MR) is 43.8 cm³/mol. The van der Waals surface area contributed by atoms with Gasteiger partial charge in [-0.3, -0.25) is 0 Å². The van der Waals surface area contributed by atoms with Crippen LogP contribution in [0.3, 0.4) is 0 Å². The summed E-state index contributed by atoms with van der Waals surface area (Å²) in [4.78, 5) is 12.3. The summed E-state index contributed by atoms with van der Waals surface area (Å²) in [7, 11) is 0. The highest BCUT2D eigenvalue weighted by Crippen LogP contribution is 1.99. The molecule has 0 spiro atoms. The van der Waals surface area contributed by atoms with Crippen molar-refractivity contribution in [1.82, 2.24) is 0 Å². The maximum Gasteiger partial charge on any atom is 0.334 e. The fraction of sp³-hybridized carbons (Fsp3) is 0.286. The van der Waals surface area contributed by atoms with Gasteiger partial charge in [-0.1, -0.05) is 28.6 Å². The summed E-state index contributed by atoms with van der Waals surface area (Å²) in [6.07, 6.45) is 1.53. The summed E-state index contributed by atoms with van der Waals surface area (Å²) in [6, 6.07) is 0. The van der Waals surface area contributed by atoms with E-state index in [1.807, 2.05) is 0 Å². The molecule has 0 saturated carbocycles. The van der Waals surface area contributed by atoms with E-state index in [0.717, 1.165) is 0 Å². The van der Waals surface area contributed by atoms with Crippen LogP contribution in [0.5, 0.6) is 0 Å². The van der Waals surface area contributed by atoms with Crippen LogP contribution in [-0.4, -0.2) is 12.6 Å². The van der Waals surface area contributed by atoms with Gasteiger partial charge in [0.05, 0.1) is 0 Å². The van der Waals surface area contributed by atoms with Crippen LogP contribution < -0.4 is 0 Å². The first-order valence-electron chi connectivity index (χ1n) is 2.77. The second-order valence-corrected chi connectivity index (χ2v) is 2.14. The van der Waals surface area contributed by atoms with Crippen LogP contribution in [0.4, 0.5) is 0 Å². The lowest BCUT2D eigenvalue weighted by Crippen LogP contribution is -2.04. The summed E-state index contributed by atoms with van der Waals surface area (Å²) >= 11 is 3.02. The van der Waals surface area contributed by atoms with E-state index in [0.29, 0.717) is 5.57 Å². The second-order valence-electron chi connectivity index (χ2n) is 1.68. The normalized spacial score (nSPS) is 10.8. The van der Waals surface area contributed by atoms with Gasteiger partial charge in [-0.05, 0) is 11.9 Å². The van der Waals surface area contributed by atoms with Crippen molar-refractivity contribution < 1.29 is 9.53 Å². The van der Waals surface area contributed by atoms with Crippen LogP contribution in [0.1, 0.15) is 6.92 Å². The van der Waals surface area contributed by atoms with Crippen molar-refractivity contribution in [2.24, 2.45) is 0 Å². The minimum Gasteiger partial charge on any atom is -0.458 e. The minimum absolute atomic E-state index is 0.261. The molecule has 0 aromatic carbocycles. The Morgan fingerprint density at radius 1 is 1.80 bits per heavy atom. The summed E-state index contributed by atoms with van der Waals surface area (Å²) in [6.45, 7) is 5.34. The van der Waals surface area contributed by atoms with Gasteiger partial charge in [0.1, 0.15) is 6.61 Å². The van der Waals surface area contributed by atoms with Gasteiger partial charge in [-0.2, -0.15) is 0 Å². The summed E-state index contributed by atoms with van der Waals surface area (Å²) in [5.74, 6) is -0.322. The fourth-order valence-corrected chi connectivity index (χ4v) is 0.480. The maximum absolute atomic E-state index is 10.8. The fourth-order valence-electron chi connectivity index (χ4n) is 0.293. The minimum atomic E-state index is -0.322. The van der Waals surface area contributed by atoms with Gasteiger partial charge in [-0.15, -0.1) is 0 Å². The van der Waals surface area contributed by atoms with Crippen molar-refractivity contribution in [3.63, 3.8) is 0 Å². The molecular formula is C7H9BrO2.